The second kappa shape index (κ2) is 8.37. The maximum absolute atomic E-state index is 12.4. The van der Waals surface area contributed by atoms with Crippen molar-refractivity contribution in [1.29, 1.82) is 0 Å². The fourth-order valence-electron chi connectivity index (χ4n) is 3.08. The minimum atomic E-state index is -3.48. The van der Waals surface area contributed by atoms with Gasteiger partial charge in [-0.05, 0) is 49.4 Å². The van der Waals surface area contributed by atoms with Gasteiger partial charge in [-0.3, -0.25) is 9.52 Å². The molecule has 1 amide bonds. The molecule has 1 fully saturated rings. The number of sulfonamides is 1. The molecule has 1 heterocycles. The molecule has 0 radical (unpaired) electrons. The van der Waals surface area contributed by atoms with Crippen molar-refractivity contribution >= 4 is 27.3 Å². The Kier molecular flexibility index (Phi) is 6.16. The number of hydrogen-bond donors (Lipinski definition) is 1. The van der Waals surface area contributed by atoms with Crippen LogP contribution in [0.15, 0.2) is 18.2 Å². The van der Waals surface area contributed by atoms with E-state index in [1.807, 2.05) is 17.0 Å². The Hall–Kier alpha value is -1.64. The summed E-state index contributed by atoms with van der Waals surface area (Å²) in [6.07, 6.45) is 3.71. The van der Waals surface area contributed by atoms with Gasteiger partial charge in [0.05, 0.1) is 25.6 Å². The summed E-state index contributed by atoms with van der Waals surface area (Å²) in [5, 5.41) is 0. The van der Waals surface area contributed by atoms with Crippen LogP contribution in [0.2, 0.25) is 0 Å². The van der Waals surface area contributed by atoms with E-state index in [0.29, 0.717) is 18.9 Å². The van der Waals surface area contributed by atoms with Crippen LogP contribution in [0.3, 0.4) is 0 Å². The zero-order valence-corrected chi connectivity index (χ0v) is 15.9. The number of ether oxygens (including phenoxy) is 2. The Morgan fingerprint density at radius 3 is 2.81 bits per heavy atom. The molecule has 2 aliphatic rings. The molecule has 1 N–H and O–H groups in total. The number of aryl methyl sites for hydroxylation is 1. The molecule has 8 heteroatoms. The molecule has 1 saturated carbocycles. The lowest BCUT2D eigenvalue weighted by molar-refractivity contribution is -0.119. The predicted octanol–water partition coefficient (Wildman–Crippen LogP) is 1.78. The molecule has 0 aromatic heterocycles. The Bertz CT molecular complexity index is 746. The van der Waals surface area contributed by atoms with Crippen LogP contribution in [-0.4, -0.2) is 53.6 Å². The number of nitrogens with zero attached hydrogens (tertiary/aromatic N) is 1. The first-order chi connectivity index (χ1) is 12.5. The number of hydrogen-bond acceptors (Lipinski definition) is 5. The lowest BCUT2D eigenvalue weighted by Crippen LogP contribution is -2.36. The van der Waals surface area contributed by atoms with E-state index in [-0.39, 0.29) is 24.2 Å². The smallest absolute Gasteiger partial charge is 0.234 e. The highest BCUT2D eigenvalue weighted by Gasteiger charge is 2.35. The van der Waals surface area contributed by atoms with Crippen LogP contribution >= 0.6 is 0 Å². The average molecular weight is 382 g/mol. The highest BCUT2D eigenvalue weighted by molar-refractivity contribution is 7.92. The van der Waals surface area contributed by atoms with Crippen molar-refractivity contribution in [2.75, 3.05) is 48.9 Å². The number of carbonyl (C=O) groups excluding carboxylic acids is 1. The molecule has 0 unspecified atom stereocenters. The van der Waals surface area contributed by atoms with E-state index in [0.717, 1.165) is 43.5 Å². The van der Waals surface area contributed by atoms with E-state index in [2.05, 4.69) is 4.72 Å². The Morgan fingerprint density at radius 1 is 1.27 bits per heavy atom. The largest absolute Gasteiger partial charge is 0.382 e. The fourth-order valence-corrected chi connectivity index (χ4v) is 4.01. The van der Waals surface area contributed by atoms with E-state index in [4.69, 9.17) is 9.47 Å². The SMILES string of the molecule is COCCOCCS(=O)(=O)Nc1ccc2c(c1)CCCN2C(=O)C1CC1. The average Bonchev–Trinajstić information content (AvgIpc) is 3.45. The normalized spacial score (nSPS) is 17.0. The van der Waals surface area contributed by atoms with Gasteiger partial charge in [0.25, 0.3) is 0 Å². The van der Waals surface area contributed by atoms with Crippen LogP contribution in [0.4, 0.5) is 11.4 Å². The predicted molar refractivity (Wildman–Crippen MR) is 99.9 cm³/mol. The van der Waals surface area contributed by atoms with Crippen molar-refractivity contribution in [3.05, 3.63) is 23.8 Å². The molecule has 26 heavy (non-hydrogen) atoms. The van der Waals surface area contributed by atoms with Gasteiger partial charge >= 0.3 is 0 Å². The molecule has 1 aliphatic heterocycles. The number of carbonyl (C=O) groups is 1. The summed E-state index contributed by atoms with van der Waals surface area (Å²) in [7, 11) is -1.91. The molecule has 1 aliphatic carbocycles. The quantitative estimate of drug-likeness (QED) is 0.658. The van der Waals surface area contributed by atoms with Crippen molar-refractivity contribution in [2.45, 2.75) is 25.7 Å². The third-order valence-corrected chi connectivity index (χ3v) is 5.84. The minimum Gasteiger partial charge on any atom is -0.382 e. The van der Waals surface area contributed by atoms with Crippen LogP contribution in [0.5, 0.6) is 0 Å². The van der Waals surface area contributed by atoms with Crippen molar-refractivity contribution in [1.82, 2.24) is 0 Å². The molecule has 3 rings (SSSR count). The molecule has 1 aromatic rings. The van der Waals surface area contributed by atoms with Crippen LogP contribution < -0.4 is 9.62 Å². The van der Waals surface area contributed by atoms with E-state index >= 15 is 0 Å². The first kappa shape index (κ1) is 19.1. The number of anilines is 2. The first-order valence-corrected chi connectivity index (χ1v) is 10.7. The zero-order valence-electron chi connectivity index (χ0n) is 15.1. The van der Waals surface area contributed by atoms with Crippen LogP contribution in [0.1, 0.15) is 24.8 Å². The van der Waals surface area contributed by atoms with Gasteiger partial charge in [0.15, 0.2) is 0 Å². The summed E-state index contributed by atoms with van der Waals surface area (Å²) in [4.78, 5) is 14.3. The third-order valence-electron chi connectivity index (χ3n) is 4.59. The van der Waals surface area contributed by atoms with Gasteiger partial charge in [-0.15, -0.1) is 0 Å². The first-order valence-electron chi connectivity index (χ1n) is 9.01. The standard InChI is InChI=1S/C18H26N2O5S/c1-24-9-10-25-11-12-26(22,23)19-16-6-7-17-15(13-16)3-2-8-20(17)18(21)14-4-5-14/h6-7,13-14,19H,2-5,8-12H2,1H3. The van der Waals surface area contributed by atoms with Gasteiger partial charge in [0.2, 0.25) is 15.9 Å². The number of amides is 1. The molecule has 0 atom stereocenters. The summed E-state index contributed by atoms with van der Waals surface area (Å²) in [6.45, 7) is 1.67. The number of rotatable bonds is 9. The third kappa shape index (κ3) is 4.96. The molecule has 144 valence electrons. The summed E-state index contributed by atoms with van der Waals surface area (Å²) >= 11 is 0. The van der Waals surface area contributed by atoms with Crippen molar-refractivity contribution < 1.29 is 22.7 Å². The Morgan fingerprint density at radius 2 is 2.08 bits per heavy atom. The second-order valence-corrected chi connectivity index (χ2v) is 8.58. The van der Waals surface area contributed by atoms with E-state index in [9.17, 15) is 13.2 Å². The fraction of sp³-hybridized carbons (Fsp3) is 0.611. The maximum Gasteiger partial charge on any atom is 0.234 e. The maximum atomic E-state index is 12.4. The van der Waals surface area contributed by atoms with Crippen molar-refractivity contribution in [2.24, 2.45) is 5.92 Å². The van der Waals surface area contributed by atoms with Crippen molar-refractivity contribution in [3.8, 4) is 0 Å². The molecular weight excluding hydrogens is 356 g/mol. The highest BCUT2D eigenvalue weighted by atomic mass is 32.2. The van der Waals surface area contributed by atoms with Crippen LogP contribution in [-0.2, 0) is 30.7 Å². The van der Waals surface area contributed by atoms with E-state index < -0.39 is 10.0 Å². The Labute approximate surface area is 154 Å². The lowest BCUT2D eigenvalue weighted by atomic mass is 10.0. The van der Waals surface area contributed by atoms with Gasteiger partial charge in [0.1, 0.15) is 0 Å². The summed E-state index contributed by atoms with van der Waals surface area (Å²) < 4.78 is 37.0. The van der Waals surface area contributed by atoms with E-state index in [1.54, 1.807) is 13.2 Å². The Balaban J connectivity index is 1.62. The van der Waals surface area contributed by atoms with Gasteiger partial charge in [-0.25, -0.2) is 8.42 Å². The van der Waals surface area contributed by atoms with E-state index in [1.165, 1.54) is 0 Å². The van der Waals surface area contributed by atoms with Gasteiger partial charge in [0, 0.05) is 30.9 Å². The summed E-state index contributed by atoms with van der Waals surface area (Å²) in [5.74, 6) is 0.268. The summed E-state index contributed by atoms with van der Waals surface area (Å²) in [6, 6.07) is 5.41. The van der Waals surface area contributed by atoms with Gasteiger partial charge < -0.3 is 14.4 Å². The minimum absolute atomic E-state index is 0.111. The molecule has 0 spiro atoms. The molecular formula is C18H26N2O5S. The number of fused-ring (bicyclic) bond motifs is 1. The number of methoxy groups -OCH3 is 1. The van der Waals surface area contributed by atoms with Gasteiger partial charge in [-0.1, -0.05) is 0 Å². The topological polar surface area (TPSA) is 84.9 Å². The molecule has 7 nitrogen and oxygen atoms in total. The second-order valence-electron chi connectivity index (χ2n) is 6.74. The number of benzene rings is 1. The monoisotopic (exact) mass is 382 g/mol. The molecule has 0 bridgehead atoms. The lowest BCUT2D eigenvalue weighted by Gasteiger charge is -2.30. The van der Waals surface area contributed by atoms with Crippen LogP contribution in [0, 0.1) is 5.92 Å². The molecule has 0 saturated heterocycles. The number of nitrogens with one attached hydrogen (secondary N) is 1. The molecule has 1 aromatic carbocycles. The summed E-state index contributed by atoms with van der Waals surface area (Å²) in [5.41, 5.74) is 2.46. The van der Waals surface area contributed by atoms with Crippen molar-refractivity contribution in [3.63, 3.8) is 0 Å². The highest BCUT2D eigenvalue weighted by Crippen LogP contribution is 2.36. The zero-order chi connectivity index (χ0) is 18.6. The van der Waals surface area contributed by atoms with Gasteiger partial charge in [-0.2, -0.15) is 0 Å². The van der Waals surface area contributed by atoms with Crippen LogP contribution in [0.25, 0.3) is 0 Å².